The largest absolute Gasteiger partial charge is 0.459 e. The van der Waals surface area contributed by atoms with E-state index in [1.165, 1.54) is 0 Å². The molecule has 0 saturated carbocycles. The normalized spacial score (nSPS) is 22.0. The van der Waals surface area contributed by atoms with Crippen LogP contribution in [0.2, 0.25) is 0 Å². The minimum atomic E-state index is -0.902. The summed E-state index contributed by atoms with van der Waals surface area (Å²) in [5.41, 5.74) is 0.0418. The van der Waals surface area contributed by atoms with Crippen molar-refractivity contribution in [1.29, 1.82) is 0 Å². The molecule has 0 bridgehead atoms. The van der Waals surface area contributed by atoms with Crippen LogP contribution in [0.5, 0.6) is 0 Å². The molecule has 2 aromatic rings. The van der Waals surface area contributed by atoms with E-state index < -0.39 is 23.6 Å². The van der Waals surface area contributed by atoms with E-state index >= 15 is 0 Å². The van der Waals surface area contributed by atoms with Crippen molar-refractivity contribution in [3.8, 4) is 0 Å². The van der Waals surface area contributed by atoms with E-state index in [2.05, 4.69) is 6.58 Å². The van der Waals surface area contributed by atoms with Crippen LogP contribution in [-0.4, -0.2) is 36.4 Å². The number of hydrogen-bond donors (Lipinski definition) is 0. The molecule has 3 rings (SSSR count). The van der Waals surface area contributed by atoms with Crippen LogP contribution in [0.4, 0.5) is 0 Å². The van der Waals surface area contributed by atoms with Crippen molar-refractivity contribution in [1.82, 2.24) is 0 Å². The lowest BCUT2D eigenvalue weighted by atomic mass is 9.87. The molecule has 0 unspecified atom stereocenters. The average molecular weight is 408 g/mol. The standard InChI is InChI=1S/C25H28O5/c1-3-11-22-16-10-17-25(30-22,18-28-23(26)20-12-6-4-7-13-20)19(2)29-24(27)21-14-8-5-9-15-21/h3-9,12-15,19,22H,1,10-11,16-18H2,2H3/t19-,22-,25-/m1/s1. The third-order valence-corrected chi connectivity index (χ3v) is 5.45. The molecule has 1 aliphatic heterocycles. The molecule has 2 aromatic carbocycles. The van der Waals surface area contributed by atoms with Crippen molar-refractivity contribution in [2.75, 3.05) is 6.61 Å². The van der Waals surface area contributed by atoms with Crippen molar-refractivity contribution in [2.45, 2.75) is 50.4 Å². The van der Waals surface area contributed by atoms with E-state index in [4.69, 9.17) is 14.2 Å². The monoisotopic (exact) mass is 408 g/mol. The zero-order chi connectivity index (χ0) is 21.4. The number of ether oxygens (including phenoxy) is 3. The second-order valence-corrected chi connectivity index (χ2v) is 7.58. The Hall–Kier alpha value is -2.92. The number of benzene rings is 2. The second-order valence-electron chi connectivity index (χ2n) is 7.58. The van der Waals surface area contributed by atoms with Gasteiger partial charge in [-0.15, -0.1) is 6.58 Å². The molecule has 3 atom stereocenters. The highest BCUT2D eigenvalue weighted by Gasteiger charge is 2.45. The van der Waals surface area contributed by atoms with Crippen molar-refractivity contribution in [2.24, 2.45) is 0 Å². The van der Waals surface area contributed by atoms with Crippen LogP contribution in [0, 0.1) is 0 Å². The smallest absolute Gasteiger partial charge is 0.338 e. The Balaban J connectivity index is 1.75. The molecule has 1 aliphatic rings. The third-order valence-electron chi connectivity index (χ3n) is 5.45. The van der Waals surface area contributed by atoms with Gasteiger partial charge in [-0.1, -0.05) is 42.5 Å². The summed E-state index contributed by atoms with van der Waals surface area (Å²) in [6.45, 7) is 5.61. The molecular formula is C25H28O5. The summed E-state index contributed by atoms with van der Waals surface area (Å²) in [5.74, 6) is -0.850. The zero-order valence-electron chi connectivity index (χ0n) is 17.3. The predicted octanol–water partition coefficient (Wildman–Crippen LogP) is 4.97. The fourth-order valence-electron chi connectivity index (χ4n) is 3.71. The molecule has 30 heavy (non-hydrogen) atoms. The van der Waals surface area contributed by atoms with Crippen molar-refractivity contribution in [3.63, 3.8) is 0 Å². The topological polar surface area (TPSA) is 61.8 Å². The van der Waals surface area contributed by atoms with Crippen LogP contribution in [-0.2, 0) is 14.2 Å². The lowest BCUT2D eigenvalue weighted by Crippen LogP contribution is -2.54. The Kier molecular flexibility index (Phi) is 7.41. The molecule has 0 radical (unpaired) electrons. The average Bonchev–Trinajstić information content (AvgIpc) is 2.79. The van der Waals surface area contributed by atoms with Gasteiger partial charge in [-0.2, -0.15) is 0 Å². The van der Waals surface area contributed by atoms with Gasteiger partial charge in [0.25, 0.3) is 0 Å². The Morgan fingerprint density at radius 3 is 2.30 bits per heavy atom. The van der Waals surface area contributed by atoms with E-state index in [1.807, 2.05) is 18.2 Å². The van der Waals surface area contributed by atoms with Crippen LogP contribution < -0.4 is 0 Å². The van der Waals surface area contributed by atoms with Crippen LogP contribution in [0.3, 0.4) is 0 Å². The molecule has 0 aromatic heterocycles. The van der Waals surface area contributed by atoms with Crippen LogP contribution in [0.1, 0.15) is 53.3 Å². The molecule has 5 nitrogen and oxygen atoms in total. The van der Waals surface area contributed by atoms with Gasteiger partial charge in [0.15, 0.2) is 0 Å². The number of esters is 2. The Morgan fingerprint density at radius 2 is 1.70 bits per heavy atom. The van der Waals surface area contributed by atoms with Gasteiger partial charge in [0.05, 0.1) is 17.2 Å². The lowest BCUT2D eigenvalue weighted by Gasteiger charge is -2.43. The van der Waals surface area contributed by atoms with Gasteiger partial charge in [-0.25, -0.2) is 9.59 Å². The van der Waals surface area contributed by atoms with Gasteiger partial charge in [-0.3, -0.25) is 0 Å². The highest BCUT2D eigenvalue weighted by molar-refractivity contribution is 5.90. The zero-order valence-corrected chi connectivity index (χ0v) is 17.3. The van der Waals surface area contributed by atoms with E-state index in [0.29, 0.717) is 24.0 Å². The fourth-order valence-corrected chi connectivity index (χ4v) is 3.71. The summed E-state index contributed by atoms with van der Waals surface area (Å²) >= 11 is 0. The molecule has 0 N–H and O–H groups in total. The molecule has 1 fully saturated rings. The van der Waals surface area contributed by atoms with Crippen molar-refractivity contribution >= 4 is 11.9 Å². The summed E-state index contributed by atoms with van der Waals surface area (Å²) in [6.07, 6.45) is 4.26. The summed E-state index contributed by atoms with van der Waals surface area (Å²) in [6, 6.07) is 17.7. The highest BCUT2D eigenvalue weighted by atomic mass is 16.6. The quantitative estimate of drug-likeness (QED) is 0.456. The maximum atomic E-state index is 12.6. The maximum Gasteiger partial charge on any atom is 0.338 e. The van der Waals surface area contributed by atoms with Gasteiger partial charge < -0.3 is 14.2 Å². The lowest BCUT2D eigenvalue weighted by molar-refractivity contribution is -0.195. The van der Waals surface area contributed by atoms with Crippen LogP contribution >= 0.6 is 0 Å². The molecule has 0 amide bonds. The third kappa shape index (κ3) is 5.36. The highest BCUT2D eigenvalue weighted by Crippen LogP contribution is 2.35. The molecule has 1 heterocycles. The van der Waals surface area contributed by atoms with Crippen molar-refractivity contribution in [3.05, 3.63) is 84.4 Å². The van der Waals surface area contributed by atoms with Crippen LogP contribution in [0.15, 0.2) is 73.3 Å². The molecular weight excluding hydrogens is 380 g/mol. The predicted molar refractivity (Wildman–Crippen MR) is 114 cm³/mol. The summed E-state index contributed by atoms with van der Waals surface area (Å²) in [5, 5.41) is 0. The van der Waals surface area contributed by atoms with Gasteiger partial charge in [0, 0.05) is 0 Å². The van der Waals surface area contributed by atoms with E-state index in [1.54, 1.807) is 55.5 Å². The SMILES string of the molecule is C=CC[C@@H]1CCC[C@@](COC(=O)c2ccccc2)([C@@H](C)OC(=O)c2ccccc2)O1. The van der Waals surface area contributed by atoms with Gasteiger partial charge in [0.1, 0.15) is 18.3 Å². The fraction of sp³-hybridized carbons (Fsp3) is 0.360. The molecule has 1 saturated heterocycles. The Labute approximate surface area is 177 Å². The van der Waals surface area contributed by atoms with Gasteiger partial charge in [-0.05, 0) is 56.9 Å². The first-order valence-corrected chi connectivity index (χ1v) is 10.3. The first-order chi connectivity index (χ1) is 14.5. The van der Waals surface area contributed by atoms with Gasteiger partial charge >= 0.3 is 11.9 Å². The maximum absolute atomic E-state index is 12.6. The summed E-state index contributed by atoms with van der Waals surface area (Å²) in [4.78, 5) is 25.1. The minimum absolute atomic E-state index is 0.0115. The first-order valence-electron chi connectivity index (χ1n) is 10.3. The number of carbonyl (C=O) groups excluding carboxylic acids is 2. The first kappa shape index (κ1) is 21.8. The van der Waals surface area contributed by atoms with E-state index in [9.17, 15) is 9.59 Å². The molecule has 5 heteroatoms. The van der Waals surface area contributed by atoms with Crippen LogP contribution in [0.25, 0.3) is 0 Å². The number of hydrogen-bond acceptors (Lipinski definition) is 5. The molecule has 158 valence electrons. The molecule has 0 aliphatic carbocycles. The number of rotatable bonds is 8. The number of carbonyl (C=O) groups is 2. The van der Waals surface area contributed by atoms with E-state index in [-0.39, 0.29) is 12.7 Å². The summed E-state index contributed by atoms with van der Waals surface area (Å²) < 4.78 is 17.8. The molecule has 0 spiro atoms. The van der Waals surface area contributed by atoms with Crippen molar-refractivity contribution < 1.29 is 23.8 Å². The van der Waals surface area contributed by atoms with E-state index in [0.717, 1.165) is 12.8 Å². The Morgan fingerprint density at radius 1 is 1.10 bits per heavy atom. The van der Waals surface area contributed by atoms with Gasteiger partial charge in [0.2, 0.25) is 0 Å². The minimum Gasteiger partial charge on any atom is -0.459 e. The second kappa shape index (κ2) is 10.2. The summed E-state index contributed by atoms with van der Waals surface area (Å²) in [7, 11) is 0. The Bertz CT molecular complexity index is 848.